The van der Waals surface area contributed by atoms with E-state index in [1.54, 1.807) is 7.11 Å². The normalized spacial score (nSPS) is 19.5. The fraction of sp³-hybridized carbons (Fsp3) is 0.500. The Morgan fingerprint density at radius 1 is 1.47 bits per heavy atom. The fourth-order valence-electron chi connectivity index (χ4n) is 2.27. The number of carbonyl (C=O) groups is 1. The topological polar surface area (TPSA) is 50.4 Å². The summed E-state index contributed by atoms with van der Waals surface area (Å²) >= 11 is 0. The van der Waals surface area contributed by atoms with Crippen molar-refractivity contribution in [1.29, 1.82) is 0 Å². The lowest BCUT2D eigenvalue weighted by atomic mass is 10.1. The standard InChI is InChI=1S/C14H20N2O2.ClH/c1-18-13(11-6-3-2-4-7-11)14(17)16-10-12-8-5-9-15-12;/h2-4,6-7,12-13,15H,5,8-10H2,1H3,(H,16,17);1H. The van der Waals surface area contributed by atoms with Gasteiger partial charge in [0.2, 0.25) is 0 Å². The van der Waals surface area contributed by atoms with Crippen LogP contribution in [0.5, 0.6) is 0 Å². The molecule has 19 heavy (non-hydrogen) atoms. The van der Waals surface area contributed by atoms with Crippen LogP contribution in [0.2, 0.25) is 0 Å². The monoisotopic (exact) mass is 284 g/mol. The Balaban J connectivity index is 0.00000180. The van der Waals surface area contributed by atoms with E-state index in [2.05, 4.69) is 10.6 Å². The summed E-state index contributed by atoms with van der Waals surface area (Å²) in [6, 6.07) is 9.96. The molecule has 0 radical (unpaired) electrons. The molecule has 4 nitrogen and oxygen atoms in total. The molecule has 2 rings (SSSR count). The van der Waals surface area contributed by atoms with Crippen LogP contribution in [0.1, 0.15) is 24.5 Å². The summed E-state index contributed by atoms with van der Waals surface area (Å²) in [6.07, 6.45) is 1.79. The summed E-state index contributed by atoms with van der Waals surface area (Å²) < 4.78 is 5.28. The molecule has 1 aromatic carbocycles. The Hall–Kier alpha value is -1.10. The van der Waals surface area contributed by atoms with Crippen LogP contribution in [0.15, 0.2) is 30.3 Å². The van der Waals surface area contributed by atoms with E-state index >= 15 is 0 Å². The van der Waals surface area contributed by atoms with Crippen LogP contribution < -0.4 is 10.6 Å². The van der Waals surface area contributed by atoms with E-state index in [1.165, 1.54) is 6.42 Å². The largest absolute Gasteiger partial charge is 0.367 e. The zero-order valence-corrected chi connectivity index (χ0v) is 11.9. The molecule has 1 fully saturated rings. The second-order valence-corrected chi connectivity index (χ2v) is 4.56. The predicted molar refractivity (Wildman–Crippen MR) is 77.5 cm³/mol. The Labute approximate surface area is 120 Å². The van der Waals surface area contributed by atoms with Crippen LogP contribution >= 0.6 is 12.4 Å². The Morgan fingerprint density at radius 3 is 2.79 bits per heavy atom. The van der Waals surface area contributed by atoms with Crippen LogP contribution in [0.25, 0.3) is 0 Å². The van der Waals surface area contributed by atoms with E-state index in [0.29, 0.717) is 12.6 Å². The van der Waals surface area contributed by atoms with Gasteiger partial charge in [0.15, 0.2) is 6.10 Å². The molecule has 1 aromatic rings. The lowest BCUT2D eigenvalue weighted by Crippen LogP contribution is -2.39. The molecule has 2 unspecified atom stereocenters. The van der Waals surface area contributed by atoms with E-state index in [9.17, 15) is 4.79 Å². The summed E-state index contributed by atoms with van der Waals surface area (Å²) in [5.74, 6) is -0.0719. The smallest absolute Gasteiger partial charge is 0.253 e. The molecule has 1 heterocycles. The molecule has 2 atom stereocenters. The van der Waals surface area contributed by atoms with Crippen molar-refractivity contribution >= 4 is 18.3 Å². The average molecular weight is 285 g/mol. The van der Waals surface area contributed by atoms with Crippen LogP contribution in [0.3, 0.4) is 0 Å². The minimum absolute atomic E-state index is 0. The number of rotatable bonds is 5. The van der Waals surface area contributed by atoms with Gasteiger partial charge in [-0.3, -0.25) is 4.79 Å². The highest BCUT2D eigenvalue weighted by Gasteiger charge is 2.21. The highest BCUT2D eigenvalue weighted by Crippen LogP contribution is 2.16. The van der Waals surface area contributed by atoms with Gasteiger partial charge in [-0.1, -0.05) is 30.3 Å². The number of benzene rings is 1. The first-order chi connectivity index (χ1) is 8.81. The third-order valence-corrected chi connectivity index (χ3v) is 3.26. The Kier molecular flexibility index (Phi) is 6.84. The maximum atomic E-state index is 12.1. The number of methoxy groups -OCH3 is 1. The highest BCUT2D eigenvalue weighted by atomic mass is 35.5. The van der Waals surface area contributed by atoms with Crippen molar-refractivity contribution in [2.24, 2.45) is 0 Å². The molecule has 2 N–H and O–H groups in total. The minimum atomic E-state index is -0.521. The SMILES string of the molecule is COC(C(=O)NCC1CCCN1)c1ccccc1.Cl. The van der Waals surface area contributed by atoms with Crippen LogP contribution in [0.4, 0.5) is 0 Å². The minimum Gasteiger partial charge on any atom is -0.367 e. The summed E-state index contributed by atoms with van der Waals surface area (Å²) in [5.41, 5.74) is 0.886. The zero-order valence-electron chi connectivity index (χ0n) is 11.1. The molecule has 5 heteroatoms. The third-order valence-electron chi connectivity index (χ3n) is 3.26. The number of amides is 1. The highest BCUT2D eigenvalue weighted by molar-refractivity contribution is 5.85. The Morgan fingerprint density at radius 2 is 2.21 bits per heavy atom. The molecule has 0 spiro atoms. The van der Waals surface area contributed by atoms with E-state index in [1.807, 2.05) is 30.3 Å². The van der Waals surface area contributed by atoms with Gasteiger partial charge in [0.25, 0.3) is 5.91 Å². The first-order valence-corrected chi connectivity index (χ1v) is 6.40. The van der Waals surface area contributed by atoms with E-state index in [-0.39, 0.29) is 18.3 Å². The second-order valence-electron chi connectivity index (χ2n) is 4.56. The maximum Gasteiger partial charge on any atom is 0.253 e. The van der Waals surface area contributed by atoms with E-state index in [0.717, 1.165) is 18.5 Å². The molecule has 0 saturated carbocycles. The second kappa shape index (κ2) is 8.15. The molecule has 1 amide bonds. The Bertz CT molecular complexity index is 380. The molecular weight excluding hydrogens is 264 g/mol. The van der Waals surface area contributed by atoms with Crippen molar-refractivity contribution in [2.45, 2.75) is 25.0 Å². The van der Waals surface area contributed by atoms with Gasteiger partial charge in [-0.2, -0.15) is 0 Å². The summed E-state index contributed by atoms with van der Waals surface area (Å²) in [4.78, 5) is 12.1. The van der Waals surface area contributed by atoms with Gasteiger partial charge in [0.05, 0.1) is 0 Å². The number of hydrogen-bond donors (Lipinski definition) is 2. The first-order valence-electron chi connectivity index (χ1n) is 6.40. The van der Waals surface area contributed by atoms with Crippen LogP contribution in [-0.2, 0) is 9.53 Å². The van der Waals surface area contributed by atoms with E-state index in [4.69, 9.17) is 4.74 Å². The fourth-order valence-corrected chi connectivity index (χ4v) is 2.27. The van der Waals surface area contributed by atoms with Gasteiger partial charge in [-0.05, 0) is 24.9 Å². The number of hydrogen-bond acceptors (Lipinski definition) is 3. The van der Waals surface area contributed by atoms with Gasteiger partial charge >= 0.3 is 0 Å². The summed E-state index contributed by atoms with van der Waals surface area (Å²) in [7, 11) is 1.56. The van der Waals surface area contributed by atoms with Crippen molar-refractivity contribution in [3.8, 4) is 0 Å². The molecule has 1 aliphatic heterocycles. The van der Waals surface area contributed by atoms with Crippen LogP contribution in [-0.4, -0.2) is 32.1 Å². The molecular formula is C14H21ClN2O2. The van der Waals surface area contributed by atoms with Gasteiger partial charge in [-0.15, -0.1) is 12.4 Å². The molecule has 1 aliphatic rings. The van der Waals surface area contributed by atoms with Crippen molar-refractivity contribution in [3.63, 3.8) is 0 Å². The summed E-state index contributed by atoms with van der Waals surface area (Å²) in [5, 5.41) is 6.30. The van der Waals surface area contributed by atoms with Crippen molar-refractivity contribution in [2.75, 3.05) is 20.2 Å². The summed E-state index contributed by atoms with van der Waals surface area (Å²) in [6.45, 7) is 1.72. The maximum absolute atomic E-state index is 12.1. The lowest BCUT2D eigenvalue weighted by Gasteiger charge is -2.17. The van der Waals surface area contributed by atoms with Crippen molar-refractivity contribution in [1.82, 2.24) is 10.6 Å². The van der Waals surface area contributed by atoms with E-state index < -0.39 is 6.10 Å². The van der Waals surface area contributed by atoms with Gasteiger partial charge in [-0.25, -0.2) is 0 Å². The first kappa shape index (κ1) is 16.0. The van der Waals surface area contributed by atoms with Gasteiger partial charge in [0, 0.05) is 19.7 Å². The van der Waals surface area contributed by atoms with Crippen LogP contribution in [0, 0.1) is 0 Å². The molecule has 1 saturated heterocycles. The number of halogens is 1. The molecule has 0 bridgehead atoms. The molecule has 106 valence electrons. The lowest BCUT2D eigenvalue weighted by molar-refractivity contribution is -0.131. The third kappa shape index (κ3) is 4.49. The molecule has 0 aromatic heterocycles. The quantitative estimate of drug-likeness (QED) is 0.865. The molecule has 0 aliphatic carbocycles. The average Bonchev–Trinajstić information content (AvgIpc) is 2.92. The number of ether oxygens (including phenoxy) is 1. The van der Waals surface area contributed by atoms with Crippen molar-refractivity contribution < 1.29 is 9.53 Å². The number of carbonyl (C=O) groups excluding carboxylic acids is 1. The van der Waals surface area contributed by atoms with Crippen molar-refractivity contribution in [3.05, 3.63) is 35.9 Å². The predicted octanol–water partition coefficient (Wildman–Crippen LogP) is 1.66. The number of nitrogens with one attached hydrogen (secondary N) is 2. The van der Waals surface area contributed by atoms with Gasteiger partial charge in [0.1, 0.15) is 0 Å². The zero-order chi connectivity index (χ0) is 12.8. The van der Waals surface area contributed by atoms with Gasteiger partial charge < -0.3 is 15.4 Å².